The number of ether oxygens (including phenoxy) is 1. The number of anilines is 2. The van der Waals surface area contributed by atoms with Crippen LogP contribution in [0.25, 0.3) is 0 Å². The first kappa shape index (κ1) is 14.8. The summed E-state index contributed by atoms with van der Waals surface area (Å²) < 4.78 is 4.88. The highest BCUT2D eigenvalue weighted by Gasteiger charge is 2.26. The summed E-state index contributed by atoms with van der Waals surface area (Å²) in [5.74, 6) is -1.29. The van der Waals surface area contributed by atoms with E-state index in [4.69, 9.17) is 4.74 Å². The fourth-order valence-corrected chi connectivity index (χ4v) is 1.94. The van der Waals surface area contributed by atoms with Crippen LogP contribution in [-0.2, 0) is 19.1 Å². The van der Waals surface area contributed by atoms with Gasteiger partial charge < -0.3 is 10.1 Å². The molecule has 1 heterocycles. The lowest BCUT2D eigenvalue weighted by Crippen LogP contribution is -2.44. The smallest absolute Gasteiger partial charge is 0.331 e. The molecule has 1 N–H and O–H groups in total. The van der Waals surface area contributed by atoms with Crippen LogP contribution in [0.15, 0.2) is 35.9 Å². The average molecular weight is 288 g/mol. The van der Waals surface area contributed by atoms with E-state index in [-0.39, 0.29) is 12.5 Å². The van der Waals surface area contributed by atoms with Crippen LogP contribution in [0.4, 0.5) is 11.4 Å². The zero-order valence-corrected chi connectivity index (χ0v) is 11.9. The van der Waals surface area contributed by atoms with Crippen molar-refractivity contribution >= 4 is 29.2 Å². The number of allylic oxidation sites excluding steroid dienone is 1. The largest absolute Gasteiger partial charge is 0.452 e. The van der Waals surface area contributed by atoms with Crippen LogP contribution in [0.1, 0.15) is 13.8 Å². The Bertz CT molecular complexity index is 618. The van der Waals surface area contributed by atoms with E-state index in [2.05, 4.69) is 5.32 Å². The van der Waals surface area contributed by atoms with Gasteiger partial charge in [0.05, 0.1) is 11.4 Å². The number of fused-ring (bicyclic) bond motifs is 1. The number of nitrogens with zero attached hydrogens (tertiary/aromatic N) is 1. The molecule has 110 valence electrons. The van der Waals surface area contributed by atoms with Crippen LogP contribution >= 0.6 is 0 Å². The molecule has 0 saturated carbocycles. The van der Waals surface area contributed by atoms with Crippen LogP contribution in [0.3, 0.4) is 0 Å². The van der Waals surface area contributed by atoms with E-state index >= 15 is 0 Å². The molecular formula is C15H16N2O4. The van der Waals surface area contributed by atoms with Crippen molar-refractivity contribution in [1.29, 1.82) is 0 Å². The van der Waals surface area contributed by atoms with E-state index in [1.54, 1.807) is 38.1 Å². The Kier molecular flexibility index (Phi) is 4.37. The lowest BCUT2D eigenvalue weighted by molar-refractivity contribution is -0.143. The first-order valence-electron chi connectivity index (χ1n) is 6.48. The Morgan fingerprint density at radius 1 is 1.33 bits per heavy atom. The minimum Gasteiger partial charge on any atom is -0.452 e. The molecule has 0 aliphatic carbocycles. The van der Waals surface area contributed by atoms with E-state index < -0.39 is 18.5 Å². The van der Waals surface area contributed by atoms with Gasteiger partial charge in [-0.25, -0.2) is 4.79 Å². The lowest BCUT2D eigenvalue weighted by atomic mass is 10.2. The molecule has 1 aromatic carbocycles. The van der Waals surface area contributed by atoms with E-state index in [1.807, 2.05) is 0 Å². The lowest BCUT2D eigenvalue weighted by Gasteiger charge is -2.28. The molecule has 0 spiro atoms. The van der Waals surface area contributed by atoms with Crippen molar-refractivity contribution in [2.75, 3.05) is 23.4 Å². The van der Waals surface area contributed by atoms with Crippen molar-refractivity contribution in [3.8, 4) is 0 Å². The second-order valence-corrected chi connectivity index (χ2v) is 4.87. The maximum atomic E-state index is 12.1. The molecule has 1 aliphatic heterocycles. The summed E-state index contributed by atoms with van der Waals surface area (Å²) in [5, 5.41) is 2.69. The monoisotopic (exact) mass is 288 g/mol. The summed E-state index contributed by atoms with van der Waals surface area (Å²) in [6.07, 6.45) is 1.31. The topological polar surface area (TPSA) is 75.7 Å². The fraction of sp³-hybridized carbons (Fsp3) is 0.267. The van der Waals surface area contributed by atoms with Gasteiger partial charge >= 0.3 is 5.97 Å². The third-order valence-corrected chi connectivity index (χ3v) is 2.82. The van der Waals surface area contributed by atoms with Crippen molar-refractivity contribution in [2.45, 2.75) is 13.8 Å². The predicted octanol–water partition coefficient (Wildman–Crippen LogP) is 1.48. The molecule has 0 aromatic heterocycles. The third kappa shape index (κ3) is 3.68. The van der Waals surface area contributed by atoms with Gasteiger partial charge in [-0.15, -0.1) is 0 Å². The van der Waals surface area contributed by atoms with Gasteiger partial charge in [-0.05, 0) is 26.0 Å². The number of benzene rings is 1. The van der Waals surface area contributed by atoms with E-state index in [1.165, 1.54) is 11.0 Å². The van der Waals surface area contributed by atoms with Crippen LogP contribution in [-0.4, -0.2) is 30.9 Å². The average Bonchev–Trinajstić information content (AvgIpc) is 2.43. The number of rotatable bonds is 3. The number of carbonyl (C=O) groups excluding carboxylic acids is 3. The van der Waals surface area contributed by atoms with Gasteiger partial charge in [0, 0.05) is 6.08 Å². The first-order valence-corrected chi connectivity index (χ1v) is 6.48. The number of carbonyl (C=O) groups is 3. The molecular weight excluding hydrogens is 272 g/mol. The summed E-state index contributed by atoms with van der Waals surface area (Å²) in [4.78, 5) is 36.5. The highest BCUT2D eigenvalue weighted by atomic mass is 16.5. The summed E-state index contributed by atoms with van der Waals surface area (Å²) in [7, 11) is 0. The molecule has 0 fully saturated rings. The van der Waals surface area contributed by atoms with Gasteiger partial charge in [0.25, 0.3) is 5.91 Å². The molecule has 2 rings (SSSR count). The van der Waals surface area contributed by atoms with Gasteiger partial charge in [0.1, 0.15) is 6.54 Å². The molecule has 6 heteroatoms. The normalized spacial score (nSPS) is 13.0. The van der Waals surface area contributed by atoms with Crippen molar-refractivity contribution in [3.05, 3.63) is 35.9 Å². The molecule has 0 unspecified atom stereocenters. The highest BCUT2D eigenvalue weighted by Crippen LogP contribution is 2.28. The predicted molar refractivity (Wildman–Crippen MR) is 77.8 cm³/mol. The van der Waals surface area contributed by atoms with Crippen molar-refractivity contribution in [1.82, 2.24) is 0 Å². The standard InChI is InChI=1S/C15H16N2O4/c1-10(2)7-15(20)21-9-14(19)17-8-13(18)16-11-5-3-4-6-12(11)17/h3-7H,8-9H2,1-2H3,(H,16,18). The van der Waals surface area contributed by atoms with Crippen LogP contribution in [0.2, 0.25) is 0 Å². The summed E-state index contributed by atoms with van der Waals surface area (Å²) in [6, 6.07) is 6.97. The van der Waals surface area contributed by atoms with Gasteiger partial charge in [0.2, 0.25) is 5.91 Å². The van der Waals surface area contributed by atoms with E-state index in [9.17, 15) is 14.4 Å². The quantitative estimate of drug-likeness (QED) is 0.675. The Morgan fingerprint density at radius 3 is 2.76 bits per heavy atom. The molecule has 21 heavy (non-hydrogen) atoms. The van der Waals surface area contributed by atoms with Crippen LogP contribution in [0, 0.1) is 0 Å². The van der Waals surface area contributed by atoms with Crippen molar-refractivity contribution in [2.24, 2.45) is 0 Å². The van der Waals surface area contributed by atoms with Gasteiger partial charge in [-0.2, -0.15) is 0 Å². The number of hydrogen-bond donors (Lipinski definition) is 1. The van der Waals surface area contributed by atoms with E-state index in [0.29, 0.717) is 11.4 Å². The molecule has 6 nitrogen and oxygen atoms in total. The Hall–Kier alpha value is -2.63. The Balaban J connectivity index is 2.08. The maximum absolute atomic E-state index is 12.1. The van der Waals surface area contributed by atoms with E-state index in [0.717, 1.165) is 5.57 Å². The molecule has 0 radical (unpaired) electrons. The maximum Gasteiger partial charge on any atom is 0.331 e. The van der Waals surface area contributed by atoms with Gasteiger partial charge in [-0.3, -0.25) is 14.5 Å². The van der Waals surface area contributed by atoms with Crippen molar-refractivity contribution < 1.29 is 19.1 Å². The fourth-order valence-electron chi connectivity index (χ4n) is 1.94. The summed E-state index contributed by atoms with van der Waals surface area (Å²) >= 11 is 0. The van der Waals surface area contributed by atoms with Crippen LogP contribution < -0.4 is 10.2 Å². The van der Waals surface area contributed by atoms with Gasteiger partial charge in [0.15, 0.2) is 6.61 Å². The third-order valence-electron chi connectivity index (χ3n) is 2.82. The molecule has 2 amide bonds. The molecule has 1 aromatic rings. The number of hydrogen-bond acceptors (Lipinski definition) is 4. The second kappa shape index (κ2) is 6.21. The minimum absolute atomic E-state index is 0.0873. The zero-order valence-electron chi connectivity index (χ0n) is 11.9. The summed E-state index contributed by atoms with van der Waals surface area (Å²) in [6.45, 7) is 3.03. The number of para-hydroxylation sites is 2. The zero-order chi connectivity index (χ0) is 15.4. The van der Waals surface area contributed by atoms with Crippen LogP contribution in [0.5, 0.6) is 0 Å². The second-order valence-electron chi connectivity index (χ2n) is 4.87. The Morgan fingerprint density at radius 2 is 2.05 bits per heavy atom. The molecule has 0 bridgehead atoms. The molecule has 0 atom stereocenters. The summed E-state index contributed by atoms with van der Waals surface area (Å²) in [5.41, 5.74) is 1.95. The van der Waals surface area contributed by atoms with Gasteiger partial charge in [-0.1, -0.05) is 17.7 Å². The molecule has 0 saturated heterocycles. The highest BCUT2D eigenvalue weighted by molar-refractivity contribution is 6.10. The number of esters is 1. The number of nitrogens with one attached hydrogen (secondary N) is 1. The SMILES string of the molecule is CC(C)=CC(=O)OCC(=O)N1CC(=O)Nc2ccccc21. The Labute approximate surface area is 122 Å². The van der Waals surface area contributed by atoms with Crippen molar-refractivity contribution in [3.63, 3.8) is 0 Å². The number of amides is 2. The first-order chi connectivity index (χ1) is 9.97. The molecule has 1 aliphatic rings. The minimum atomic E-state index is -0.571.